The first-order chi connectivity index (χ1) is 14.4. The molecule has 0 heterocycles. The van der Waals surface area contributed by atoms with Crippen molar-refractivity contribution in [3.8, 4) is 11.9 Å². The summed E-state index contributed by atoms with van der Waals surface area (Å²) < 4.78 is 57.6. The fraction of sp³-hybridized carbons (Fsp3) is 0.636. The van der Waals surface area contributed by atoms with E-state index in [0.717, 1.165) is 31.4 Å². The Hall–Kier alpha value is -2.21. The number of benzene rings is 1. The van der Waals surface area contributed by atoms with Gasteiger partial charge in [-0.05, 0) is 75.8 Å². The number of sulfone groups is 1. The van der Waals surface area contributed by atoms with Crippen LogP contribution < -0.4 is 10.1 Å². The summed E-state index contributed by atoms with van der Waals surface area (Å²) >= 11 is 0. The maximum atomic E-state index is 14.1. The van der Waals surface area contributed by atoms with Crippen molar-refractivity contribution in [3.63, 3.8) is 0 Å². The predicted molar refractivity (Wildman–Crippen MR) is 112 cm³/mol. The van der Waals surface area contributed by atoms with Crippen LogP contribution in [0.15, 0.2) is 23.2 Å². The summed E-state index contributed by atoms with van der Waals surface area (Å²) in [6.45, 7) is 3.32. The van der Waals surface area contributed by atoms with E-state index in [1.54, 1.807) is 13.8 Å². The van der Waals surface area contributed by atoms with Gasteiger partial charge in [0.25, 0.3) is 0 Å². The molecule has 2 unspecified atom stereocenters. The quantitative estimate of drug-likeness (QED) is 0.320. The Kier molecular flexibility index (Phi) is 5.28. The molecule has 1 N–H and O–H groups in total. The number of nitrogens with one attached hydrogen (secondary N) is 1. The predicted octanol–water partition coefficient (Wildman–Crippen LogP) is 3.58. The number of halogens is 2. The Bertz CT molecular complexity index is 1050. The molecule has 1 aromatic rings. The van der Waals surface area contributed by atoms with E-state index in [4.69, 9.17) is 9.73 Å². The number of rotatable bonds is 5. The van der Waals surface area contributed by atoms with Crippen molar-refractivity contribution in [2.45, 2.75) is 62.3 Å². The van der Waals surface area contributed by atoms with Gasteiger partial charge in [0.2, 0.25) is 0 Å². The molecule has 4 aliphatic rings. The van der Waals surface area contributed by atoms with Crippen molar-refractivity contribution in [3.05, 3.63) is 29.8 Å². The number of nitrogens with zero attached hydrogens (tertiary/aromatic N) is 2. The van der Waals surface area contributed by atoms with Crippen LogP contribution in [-0.4, -0.2) is 36.9 Å². The van der Waals surface area contributed by atoms with Crippen LogP contribution in [0.25, 0.3) is 0 Å². The van der Waals surface area contributed by atoms with Gasteiger partial charge in [-0.15, -0.1) is 0 Å². The lowest BCUT2D eigenvalue weighted by Gasteiger charge is -2.58. The fourth-order valence-electron chi connectivity index (χ4n) is 6.01. The van der Waals surface area contributed by atoms with Crippen LogP contribution in [0.2, 0.25) is 0 Å². The second-order valence-corrected chi connectivity index (χ2v) is 12.2. The highest BCUT2D eigenvalue weighted by molar-refractivity contribution is 7.92. The molecule has 0 spiro atoms. The van der Waals surface area contributed by atoms with E-state index in [1.807, 2.05) is 6.19 Å². The summed E-state index contributed by atoms with van der Waals surface area (Å²) in [7, 11) is -3.17. The number of hydrogen-bond acceptors (Lipinski definition) is 5. The molecule has 0 radical (unpaired) electrons. The number of ether oxygens (including phenoxy) is 1. The SMILES string of the molecule is CC(C)(Oc1ccc(F)cc1F)/C(=N/C1C2CC3CC1CC(S(C)(=O)=O)(C3)C2)NC#N. The Labute approximate surface area is 181 Å². The number of hydrogen-bond donors (Lipinski definition) is 1. The first-order valence-corrected chi connectivity index (χ1v) is 12.4. The highest BCUT2D eigenvalue weighted by Crippen LogP contribution is 2.59. The molecule has 4 aliphatic carbocycles. The van der Waals surface area contributed by atoms with Gasteiger partial charge in [0.1, 0.15) is 5.82 Å². The van der Waals surface area contributed by atoms with Crippen molar-refractivity contribution in [2.24, 2.45) is 22.7 Å². The first kappa shape index (κ1) is 22.0. The monoisotopic (exact) mass is 451 g/mol. The molecule has 4 saturated carbocycles. The van der Waals surface area contributed by atoms with E-state index in [2.05, 4.69) is 5.32 Å². The lowest BCUT2D eigenvalue weighted by atomic mass is 9.54. The molecule has 6 nitrogen and oxygen atoms in total. The zero-order valence-electron chi connectivity index (χ0n) is 17.9. The molecule has 0 aliphatic heterocycles. The van der Waals surface area contributed by atoms with E-state index in [0.29, 0.717) is 18.8 Å². The van der Waals surface area contributed by atoms with Crippen molar-refractivity contribution >= 4 is 15.7 Å². The molecule has 0 amide bonds. The van der Waals surface area contributed by atoms with E-state index in [1.165, 1.54) is 12.3 Å². The molecule has 4 bridgehead atoms. The normalized spacial score (nSPS) is 32.6. The van der Waals surface area contributed by atoms with Crippen LogP contribution in [0.5, 0.6) is 5.75 Å². The number of nitriles is 1. The molecule has 0 aromatic heterocycles. The third-order valence-electron chi connectivity index (χ3n) is 7.24. The molecule has 31 heavy (non-hydrogen) atoms. The Morgan fingerprint density at radius 2 is 1.90 bits per heavy atom. The zero-order valence-corrected chi connectivity index (χ0v) is 18.7. The summed E-state index contributed by atoms with van der Waals surface area (Å²) in [4.78, 5) is 4.86. The first-order valence-electron chi connectivity index (χ1n) is 10.5. The Morgan fingerprint density at radius 3 is 2.45 bits per heavy atom. The minimum absolute atomic E-state index is 0.120. The van der Waals surface area contributed by atoms with E-state index in [9.17, 15) is 22.5 Å². The topological polar surface area (TPSA) is 91.5 Å². The zero-order chi connectivity index (χ0) is 22.6. The fourth-order valence-corrected chi connectivity index (χ4v) is 7.58. The number of aliphatic imine (C=N–C) groups is 1. The van der Waals surface area contributed by atoms with Crippen molar-refractivity contribution < 1.29 is 21.9 Å². The van der Waals surface area contributed by atoms with Crippen LogP contribution in [0, 0.1) is 40.8 Å². The number of amidine groups is 1. The second kappa shape index (κ2) is 7.44. The van der Waals surface area contributed by atoms with Gasteiger partial charge < -0.3 is 4.74 Å². The van der Waals surface area contributed by atoms with Crippen molar-refractivity contribution in [1.29, 1.82) is 5.26 Å². The summed E-state index contributed by atoms with van der Waals surface area (Å²) in [6.07, 6.45) is 6.97. The van der Waals surface area contributed by atoms with E-state index < -0.39 is 31.8 Å². The summed E-state index contributed by atoms with van der Waals surface area (Å²) in [5.41, 5.74) is -1.18. The van der Waals surface area contributed by atoms with Crippen LogP contribution in [0.4, 0.5) is 8.78 Å². The third kappa shape index (κ3) is 3.91. The molecule has 4 fully saturated rings. The highest BCUT2D eigenvalue weighted by Gasteiger charge is 2.59. The van der Waals surface area contributed by atoms with Gasteiger partial charge in [0, 0.05) is 12.3 Å². The van der Waals surface area contributed by atoms with Crippen LogP contribution >= 0.6 is 0 Å². The van der Waals surface area contributed by atoms with Crippen LogP contribution in [-0.2, 0) is 9.84 Å². The Morgan fingerprint density at radius 1 is 1.26 bits per heavy atom. The van der Waals surface area contributed by atoms with Crippen LogP contribution in [0.3, 0.4) is 0 Å². The van der Waals surface area contributed by atoms with Crippen molar-refractivity contribution in [1.82, 2.24) is 5.32 Å². The highest BCUT2D eigenvalue weighted by atomic mass is 32.2. The maximum absolute atomic E-state index is 14.1. The molecule has 0 saturated heterocycles. The smallest absolute Gasteiger partial charge is 0.182 e. The Balaban J connectivity index is 1.63. The van der Waals surface area contributed by atoms with E-state index >= 15 is 0 Å². The molecule has 168 valence electrons. The third-order valence-corrected chi connectivity index (χ3v) is 9.31. The summed E-state index contributed by atoms with van der Waals surface area (Å²) in [5, 5.41) is 11.9. The molecule has 2 atom stereocenters. The average molecular weight is 452 g/mol. The largest absolute Gasteiger partial charge is 0.477 e. The summed E-state index contributed by atoms with van der Waals surface area (Å²) in [5.74, 6) is -0.799. The standard InChI is InChI=1S/C22H27F2N3O3S/c1-21(2,30-18-5-4-16(23)8-17(18)24)20(26-12-25)27-19-14-6-13-7-15(19)11-22(9-13,10-14)31(3,28)29/h4-5,8,13-15,19H,6-7,9-11H2,1-3H3,(H,26,27). The molecule has 9 heteroatoms. The minimum atomic E-state index is -3.17. The van der Waals surface area contributed by atoms with Gasteiger partial charge in [0.15, 0.2) is 39.0 Å². The average Bonchev–Trinajstić information content (AvgIpc) is 2.64. The van der Waals surface area contributed by atoms with Crippen LogP contribution in [0.1, 0.15) is 46.0 Å². The lowest BCUT2D eigenvalue weighted by molar-refractivity contribution is 0.0140. The van der Waals surface area contributed by atoms with Gasteiger partial charge in [-0.1, -0.05) is 0 Å². The van der Waals surface area contributed by atoms with Crippen molar-refractivity contribution in [2.75, 3.05) is 6.26 Å². The minimum Gasteiger partial charge on any atom is -0.477 e. The lowest BCUT2D eigenvalue weighted by Crippen LogP contribution is -2.60. The van der Waals surface area contributed by atoms with Gasteiger partial charge in [-0.25, -0.2) is 17.2 Å². The molecular formula is C22H27F2N3O3S. The second-order valence-electron chi connectivity index (χ2n) is 9.82. The van der Waals surface area contributed by atoms with E-state index in [-0.39, 0.29) is 29.5 Å². The molecular weight excluding hydrogens is 424 g/mol. The molecule has 1 aromatic carbocycles. The van der Waals surface area contributed by atoms with Gasteiger partial charge in [-0.2, -0.15) is 5.26 Å². The maximum Gasteiger partial charge on any atom is 0.182 e. The van der Waals surface area contributed by atoms with Gasteiger partial charge in [-0.3, -0.25) is 10.3 Å². The van der Waals surface area contributed by atoms with Gasteiger partial charge in [0.05, 0.1) is 10.8 Å². The molecule has 5 rings (SSSR count). The van der Waals surface area contributed by atoms with Gasteiger partial charge >= 0.3 is 0 Å². The summed E-state index contributed by atoms with van der Waals surface area (Å²) in [6, 6.07) is 2.92.